The fourth-order valence-corrected chi connectivity index (χ4v) is 2.92. The molecule has 0 aliphatic carbocycles. The third-order valence-electron chi connectivity index (χ3n) is 4.28. The van der Waals surface area contributed by atoms with Crippen LogP contribution in [0.4, 0.5) is 0 Å². The second-order valence-corrected chi connectivity index (χ2v) is 5.74. The smallest absolute Gasteiger partial charge is 0.262 e. The van der Waals surface area contributed by atoms with Crippen LogP contribution >= 0.6 is 0 Å². The SMILES string of the molecule is COc1ccc(OC)c(/C=C/[C@@H](CO)N2C(=O)c3ccccc3C2=O)c1. The number of aliphatic hydroxyl groups is 1. The van der Waals surface area contributed by atoms with Crippen molar-refractivity contribution in [1.29, 1.82) is 0 Å². The number of amides is 2. The topological polar surface area (TPSA) is 76.1 Å². The van der Waals surface area contributed by atoms with Crippen LogP contribution in [-0.4, -0.2) is 48.7 Å². The zero-order valence-corrected chi connectivity index (χ0v) is 14.5. The molecule has 3 rings (SSSR count). The van der Waals surface area contributed by atoms with E-state index in [4.69, 9.17) is 9.47 Å². The molecule has 0 fully saturated rings. The predicted molar refractivity (Wildman–Crippen MR) is 96.4 cm³/mol. The highest BCUT2D eigenvalue weighted by Crippen LogP contribution is 2.27. The molecule has 0 unspecified atom stereocenters. The molecule has 0 bridgehead atoms. The lowest BCUT2D eigenvalue weighted by atomic mass is 10.1. The first-order valence-electron chi connectivity index (χ1n) is 8.08. The molecule has 0 saturated heterocycles. The average molecular weight is 353 g/mol. The zero-order chi connectivity index (χ0) is 18.7. The maximum absolute atomic E-state index is 12.6. The van der Waals surface area contributed by atoms with Crippen molar-refractivity contribution in [1.82, 2.24) is 4.90 Å². The Balaban J connectivity index is 1.91. The van der Waals surface area contributed by atoms with Crippen LogP contribution in [0.15, 0.2) is 48.5 Å². The largest absolute Gasteiger partial charge is 0.497 e. The fraction of sp³-hybridized carbons (Fsp3) is 0.200. The van der Waals surface area contributed by atoms with E-state index in [9.17, 15) is 14.7 Å². The van der Waals surface area contributed by atoms with Gasteiger partial charge in [0.1, 0.15) is 11.5 Å². The van der Waals surface area contributed by atoms with E-state index in [1.807, 2.05) is 0 Å². The highest BCUT2D eigenvalue weighted by molar-refractivity contribution is 6.21. The third kappa shape index (κ3) is 3.07. The molecule has 0 spiro atoms. The van der Waals surface area contributed by atoms with Crippen LogP contribution in [0.5, 0.6) is 11.5 Å². The van der Waals surface area contributed by atoms with Gasteiger partial charge >= 0.3 is 0 Å². The summed E-state index contributed by atoms with van der Waals surface area (Å²) >= 11 is 0. The molecule has 134 valence electrons. The van der Waals surface area contributed by atoms with E-state index >= 15 is 0 Å². The van der Waals surface area contributed by atoms with E-state index in [-0.39, 0.29) is 6.61 Å². The molecule has 0 saturated carbocycles. The molecule has 1 N–H and O–H groups in total. The summed E-state index contributed by atoms with van der Waals surface area (Å²) in [7, 11) is 3.11. The van der Waals surface area contributed by atoms with Gasteiger partial charge in [-0.3, -0.25) is 14.5 Å². The first-order valence-corrected chi connectivity index (χ1v) is 8.08. The van der Waals surface area contributed by atoms with Crippen molar-refractivity contribution >= 4 is 17.9 Å². The van der Waals surface area contributed by atoms with Crippen molar-refractivity contribution < 1.29 is 24.2 Å². The number of nitrogens with zero attached hydrogens (tertiary/aromatic N) is 1. The number of imide groups is 1. The highest BCUT2D eigenvalue weighted by atomic mass is 16.5. The van der Waals surface area contributed by atoms with Crippen molar-refractivity contribution in [3.05, 3.63) is 65.2 Å². The fourth-order valence-electron chi connectivity index (χ4n) is 2.92. The normalized spacial score (nSPS) is 14.7. The number of rotatable bonds is 6. The molecule has 6 nitrogen and oxygen atoms in total. The van der Waals surface area contributed by atoms with E-state index in [0.29, 0.717) is 28.2 Å². The standard InChI is InChI=1S/C20H19NO5/c1-25-15-9-10-18(26-2)13(11-15)7-8-14(12-22)21-19(23)16-5-3-4-6-17(16)20(21)24/h3-11,14,22H,12H2,1-2H3/b8-7+/t14-/m0/s1. The van der Waals surface area contributed by atoms with Crippen LogP contribution in [0.2, 0.25) is 0 Å². The summed E-state index contributed by atoms with van der Waals surface area (Å²) in [4.78, 5) is 26.2. The molecule has 2 amide bonds. The first-order chi connectivity index (χ1) is 12.6. The van der Waals surface area contributed by atoms with Crippen molar-refractivity contribution in [3.63, 3.8) is 0 Å². The maximum atomic E-state index is 12.6. The van der Waals surface area contributed by atoms with Crippen LogP contribution < -0.4 is 9.47 Å². The van der Waals surface area contributed by atoms with Gasteiger partial charge in [-0.25, -0.2) is 0 Å². The number of carbonyl (C=O) groups excluding carboxylic acids is 2. The molecule has 26 heavy (non-hydrogen) atoms. The summed E-state index contributed by atoms with van der Waals surface area (Å²) in [6.07, 6.45) is 3.31. The van der Waals surface area contributed by atoms with Gasteiger partial charge in [0.25, 0.3) is 11.8 Å². The van der Waals surface area contributed by atoms with E-state index in [1.165, 1.54) is 0 Å². The zero-order valence-electron chi connectivity index (χ0n) is 14.5. The molecule has 1 atom stereocenters. The number of aliphatic hydroxyl groups excluding tert-OH is 1. The minimum Gasteiger partial charge on any atom is -0.497 e. The Hall–Kier alpha value is -3.12. The van der Waals surface area contributed by atoms with E-state index in [2.05, 4.69) is 0 Å². The number of fused-ring (bicyclic) bond motifs is 1. The summed E-state index contributed by atoms with van der Waals surface area (Å²) < 4.78 is 10.5. The summed E-state index contributed by atoms with van der Waals surface area (Å²) in [6.45, 7) is -0.381. The Morgan fingerprint density at radius 1 is 1.04 bits per heavy atom. The van der Waals surface area contributed by atoms with Crippen LogP contribution in [0.1, 0.15) is 26.3 Å². The van der Waals surface area contributed by atoms with E-state index < -0.39 is 17.9 Å². The van der Waals surface area contributed by atoms with Gasteiger partial charge < -0.3 is 14.6 Å². The van der Waals surface area contributed by atoms with E-state index in [1.54, 1.807) is 68.8 Å². The van der Waals surface area contributed by atoms with Gasteiger partial charge in [0.15, 0.2) is 0 Å². The summed E-state index contributed by atoms with van der Waals surface area (Å²) in [5.74, 6) is 0.437. The molecule has 1 heterocycles. The second kappa shape index (κ2) is 7.41. The summed E-state index contributed by atoms with van der Waals surface area (Å²) in [6, 6.07) is 11.2. The molecule has 1 aliphatic rings. The minimum absolute atomic E-state index is 0.350. The number of ether oxygens (including phenoxy) is 2. The van der Waals surface area contributed by atoms with Crippen molar-refractivity contribution in [3.8, 4) is 11.5 Å². The number of methoxy groups -OCH3 is 2. The number of benzene rings is 2. The molecular formula is C20H19NO5. The lowest BCUT2D eigenvalue weighted by molar-refractivity contribution is 0.0565. The summed E-state index contributed by atoms with van der Waals surface area (Å²) in [5, 5.41) is 9.75. The van der Waals surface area contributed by atoms with Gasteiger partial charge in [-0.2, -0.15) is 0 Å². The molecule has 1 aliphatic heterocycles. The predicted octanol–water partition coefficient (Wildman–Crippen LogP) is 2.37. The van der Waals surface area contributed by atoms with Crippen molar-refractivity contribution in [2.24, 2.45) is 0 Å². The number of carbonyl (C=O) groups is 2. The Bertz CT molecular complexity index is 839. The van der Waals surface area contributed by atoms with Crippen molar-refractivity contribution in [2.75, 3.05) is 20.8 Å². The molecule has 6 heteroatoms. The lowest BCUT2D eigenvalue weighted by Gasteiger charge is -2.21. The molecule has 2 aromatic rings. The minimum atomic E-state index is -0.779. The van der Waals surface area contributed by atoms with E-state index in [0.717, 1.165) is 4.90 Å². The van der Waals surface area contributed by atoms with Gasteiger partial charge in [0.05, 0.1) is 38.0 Å². The monoisotopic (exact) mass is 353 g/mol. The second-order valence-electron chi connectivity index (χ2n) is 5.74. The molecule has 2 aromatic carbocycles. The van der Waals surface area contributed by atoms with Gasteiger partial charge in [-0.05, 0) is 30.3 Å². The van der Waals surface area contributed by atoms with Gasteiger partial charge in [0.2, 0.25) is 0 Å². The Morgan fingerprint density at radius 3 is 2.23 bits per heavy atom. The Morgan fingerprint density at radius 2 is 1.69 bits per heavy atom. The molecule has 0 radical (unpaired) electrons. The summed E-state index contributed by atoms with van der Waals surface area (Å²) in [5.41, 5.74) is 1.41. The van der Waals surface area contributed by atoms with Crippen LogP contribution in [-0.2, 0) is 0 Å². The highest BCUT2D eigenvalue weighted by Gasteiger charge is 2.38. The van der Waals surface area contributed by atoms with Gasteiger partial charge in [0, 0.05) is 5.56 Å². The van der Waals surface area contributed by atoms with Crippen LogP contribution in [0, 0.1) is 0 Å². The maximum Gasteiger partial charge on any atom is 0.262 e. The van der Waals surface area contributed by atoms with Gasteiger partial charge in [-0.1, -0.05) is 24.3 Å². The quantitative estimate of drug-likeness (QED) is 0.807. The lowest BCUT2D eigenvalue weighted by Crippen LogP contribution is -2.40. The first kappa shape index (κ1) is 17.7. The molecule has 0 aromatic heterocycles. The Labute approximate surface area is 151 Å². The average Bonchev–Trinajstić information content (AvgIpc) is 2.94. The van der Waals surface area contributed by atoms with Crippen LogP contribution in [0.25, 0.3) is 6.08 Å². The number of hydrogen-bond acceptors (Lipinski definition) is 5. The van der Waals surface area contributed by atoms with Crippen molar-refractivity contribution in [2.45, 2.75) is 6.04 Å². The molecular weight excluding hydrogens is 334 g/mol. The Kier molecular flexibility index (Phi) is 5.04. The van der Waals surface area contributed by atoms with Crippen LogP contribution in [0.3, 0.4) is 0 Å². The number of hydrogen-bond donors (Lipinski definition) is 1. The van der Waals surface area contributed by atoms with Gasteiger partial charge in [-0.15, -0.1) is 0 Å². The third-order valence-corrected chi connectivity index (χ3v) is 4.28.